The first-order valence-electron chi connectivity index (χ1n) is 8.50. The van der Waals surface area contributed by atoms with Crippen molar-refractivity contribution in [3.8, 4) is 11.8 Å². The number of nitrogens with one attached hydrogen (secondary N) is 1. The van der Waals surface area contributed by atoms with Gasteiger partial charge in [0.2, 0.25) is 0 Å². The van der Waals surface area contributed by atoms with Crippen molar-refractivity contribution in [2.24, 2.45) is 0 Å². The van der Waals surface area contributed by atoms with Gasteiger partial charge in [-0.25, -0.2) is 4.68 Å². The van der Waals surface area contributed by atoms with Crippen LogP contribution in [0.1, 0.15) is 44.3 Å². The fraction of sp³-hybridized carbons (Fsp3) is 0.389. The van der Waals surface area contributed by atoms with Crippen LogP contribution >= 0.6 is 0 Å². The molecule has 0 saturated heterocycles. The molecule has 1 aliphatic rings. The van der Waals surface area contributed by atoms with Crippen molar-refractivity contribution in [3.63, 3.8) is 0 Å². The Hall–Kier alpha value is -2.63. The maximum absolute atomic E-state index is 12.6. The van der Waals surface area contributed by atoms with E-state index in [4.69, 9.17) is 4.74 Å². The molecule has 6 nitrogen and oxygen atoms in total. The molecular formula is C18H20N4O2. The predicted octanol–water partition coefficient (Wildman–Crippen LogP) is 3.59. The molecule has 3 aromatic rings. The van der Waals surface area contributed by atoms with Crippen LogP contribution in [0.3, 0.4) is 0 Å². The van der Waals surface area contributed by atoms with Crippen molar-refractivity contribution in [2.45, 2.75) is 45.1 Å². The van der Waals surface area contributed by atoms with Gasteiger partial charge in [0.1, 0.15) is 11.1 Å². The largest absolute Gasteiger partial charge is 0.426 e. The summed E-state index contributed by atoms with van der Waals surface area (Å²) in [6.45, 7) is 2.01. The van der Waals surface area contributed by atoms with E-state index in [-0.39, 0.29) is 11.6 Å². The summed E-state index contributed by atoms with van der Waals surface area (Å²) >= 11 is 0. The van der Waals surface area contributed by atoms with Gasteiger partial charge in [-0.1, -0.05) is 38.0 Å². The first kappa shape index (κ1) is 14.9. The molecule has 2 heterocycles. The van der Waals surface area contributed by atoms with Crippen molar-refractivity contribution in [1.29, 1.82) is 0 Å². The van der Waals surface area contributed by atoms with Gasteiger partial charge < -0.3 is 4.74 Å². The van der Waals surface area contributed by atoms with E-state index in [1.165, 1.54) is 12.8 Å². The zero-order valence-electron chi connectivity index (χ0n) is 13.7. The Bertz CT molecular complexity index is 908. The summed E-state index contributed by atoms with van der Waals surface area (Å²) in [5.41, 5.74) is 1.25. The van der Waals surface area contributed by atoms with Gasteiger partial charge in [0.25, 0.3) is 5.56 Å². The molecule has 1 saturated carbocycles. The van der Waals surface area contributed by atoms with E-state index in [1.807, 2.05) is 41.9 Å². The smallest absolute Gasteiger partial charge is 0.304 e. The van der Waals surface area contributed by atoms with Crippen molar-refractivity contribution in [1.82, 2.24) is 19.7 Å². The maximum atomic E-state index is 12.6. The third-order valence-corrected chi connectivity index (χ3v) is 4.58. The highest BCUT2D eigenvalue weighted by Crippen LogP contribution is 2.32. The summed E-state index contributed by atoms with van der Waals surface area (Å²) in [5, 5.41) is 5.27. The van der Waals surface area contributed by atoms with Crippen LogP contribution in [0, 0.1) is 0 Å². The summed E-state index contributed by atoms with van der Waals surface area (Å²) in [4.78, 5) is 19.9. The average Bonchev–Trinajstić information content (AvgIpc) is 3.23. The first-order valence-corrected chi connectivity index (χ1v) is 8.50. The van der Waals surface area contributed by atoms with E-state index in [0.717, 1.165) is 18.5 Å². The Morgan fingerprint density at radius 3 is 2.71 bits per heavy atom. The van der Waals surface area contributed by atoms with E-state index in [9.17, 15) is 4.79 Å². The van der Waals surface area contributed by atoms with Crippen LogP contribution in [0.4, 0.5) is 0 Å². The Labute approximate surface area is 139 Å². The topological polar surface area (TPSA) is 72.8 Å². The molecular weight excluding hydrogens is 304 g/mol. The Morgan fingerprint density at radius 2 is 2.00 bits per heavy atom. The number of fused-ring (bicyclic) bond motifs is 1. The summed E-state index contributed by atoms with van der Waals surface area (Å²) < 4.78 is 7.66. The molecule has 0 radical (unpaired) electrons. The summed E-state index contributed by atoms with van der Waals surface area (Å²) in [5.74, 6) is 0.641. The molecule has 0 atom stereocenters. The number of nitrogens with zero attached hydrogens (tertiary/aromatic N) is 3. The predicted molar refractivity (Wildman–Crippen MR) is 91.5 cm³/mol. The average molecular weight is 324 g/mol. The molecule has 1 fully saturated rings. The van der Waals surface area contributed by atoms with Crippen LogP contribution < -0.4 is 10.3 Å². The maximum Gasteiger partial charge on any atom is 0.304 e. The zero-order chi connectivity index (χ0) is 16.5. The van der Waals surface area contributed by atoms with Gasteiger partial charge in [0, 0.05) is 0 Å². The minimum Gasteiger partial charge on any atom is -0.426 e. The highest BCUT2D eigenvalue weighted by Gasteiger charge is 2.24. The molecule has 1 aromatic carbocycles. The van der Waals surface area contributed by atoms with Gasteiger partial charge in [-0.05, 0) is 31.4 Å². The molecule has 0 spiro atoms. The van der Waals surface area contributed by atoms with Gasteiger partial charge in [-0.3, -0.25) is 9.78 Å². The van der Waals surface area contributed by atoms with E-state index >= 15 is 0 Å². The van der Waals surface area contributed by atoms with Gasteiger partial charge >= 0.3 is 6.01 Å². The number of hydrogen-bond donors (Lipinski definition) is 1. The molecule has 0 unspecified atom stereocenters. The van der Waals surface area contributed by atoms with Gasteiger partial charge in [-0.2, -0.15) is 10.1 Å². The number of aromatic amines is 1. The third kappa shape index (κ3) is 2.58. The summed E-state index contributed by atoms with van der Waals surface area (Å²) in [6.07, 6.45) is 5.28. The number of rotatable bonds is 4. The zero-order valence-corrected chi connectivity index (χ0v) is 13.7. The summed E-state index contributed by atoms with van der Waals surface area (Å²) in [7, 11) is 0. The SMILES string of the molecule is CCc1nn(C2CCCC2)c2nc(Oc3ccccc3)[nH]c(=O)c12. The summed E-state index contributed by atoms with van der Waals surface area (Å²) in [6, 6.07) is 9.86. The van der Waals surface area contributed by atoms with Gasteiger partial charge in [-0.15, -0.1) is 0 Å². The normalized spacial score (nSPS) is 15.2. The first-order chi connectivity index (χ1) is 11.8. The molecule has 124 valence electrons. The molecule has 6 heteroatoms. The third-order valence-electron chi connectivity index (χ3n) is 4.58. The number of H-pyrrole nitrogens is 1. The molecule has 4 rings (SSSR count). The van der Waals surface area contributed by atoms with Crippen LogP contribution in [0.2, 0.25) is 0 Å². The number of para-hydroxylation sites is 1. The van der Waals surface area contributed by atoms with Crippen LogP contribution in [0.5, 0.6) is 11.8 Å². The number of aromatic nitrogens is 4. The second kappa shape index (κ2) is 6.11. The fourth-order valence-corrected chi connectivity index (χ4v) is 3.39. The Kier molecular flexibility index (Phi) is 3.80. The van der Waals surface area contributed by atoms with E-state index < -0.39 is 0 Å². The van der Waals surface area contributed by atoms with Crippen LogP contribution in [-0.4, -0.2) is 19.7 Å². The number of aryl methyl sites for hydroxylation is 1. The van der Waals surface area contributed by atoms with Gasteiger partial charge in [0.05, 0.1) is 11.7 Å². The molecule has 0 bridgehead atoms. The van der Waals surface area contributed by atoms with E-state index in [0.29, 0.717) is 29.2 Å². The fourth-order valence-electron chi connectivity index (χ4n) is 3.39. The number of hydrogen-bond acceptors (Lipinski definition) is 4. The lowest BCUT2D eigenvalue weighted by molar-refractivity contribution is 0.436. The van der Waals surface area contributed by atoms with Crippen molar-refractivity contribution < 1.29 is 4.74 Å². The minimum absolute atomic E-state index is 0.188. The van der Waals surface area contributed by atoms with Crippen molar-refractivity contribution in [2.75, 3.05) is 0 Å². The van der Waals surface area contributed by atoms with Crippen LogP contribution in [0.25, 0.3) is 11.0 Å². The minimum atomic E-state index is -0.188. The second-order valence-electron chi connectivity index (χ2n) is 6.17. The second-order valence-corrected chi connectivity index (χ2v) is 6.17. The molecule has 1 aliphatic carbocycles. The van der Waals surface area contributed by atoms with Crippen molar-refractivity contribution >= 4 is 11.0 Å². The lowest BCUT2D eigenvalue weighted by atomic mass is 10.2. The van der Waals surface area contributed by atoms with E-state index in [2.05, 4.69) is 15.1 Å². The van der Waals surface area contributed by atoms with E-state index in [1.54, 1.807) is 0 Å². The lowest BCUT2D eigenvalue weighted by Crippen LogP contribution is -2.12. The molecule has 1 N–H and O–H groups in total. The highest BCUT2D eigenvalue weighted by atomic mass is 16.5. The molecule has 24 heavy (non-hydrogen) atoms. The standard InChI is InChI=1S/C18H20N4O2/c1-2-14-15-16(22(21-14)12-8-6-7-9-12)19-18(20-17(15)23)24-13-10-4-3-5-11-13/h3-5,10-12H,2,6-9H2,1H3,(H,19,20,23). The molecule has 0 aliphatic heterocycles. The number of ether oxygens (including phenoxy) is 1. The quantitative estimate of drug-likeness (QED) is 0.796. The number of benzene rings is 1. The highest BCUT2D eigenvalue weighted by molar-refractivity contribution is 5.77. The van der Waals surface area contributed by atoms with Crippen LogP contribution in [0.15, 0.2) is 35.1 Å². The monoisotopic (exact) mass is 324 g/mol. The molecule has 2 aromatic heterocycles. The Morgan fingerprint density at radius 1 is 1.25 bits per heavy atom. The van der Waals surface area contributed by atoms with Gasteiger partial charge in [0.15, 0.2) is 5.65 Å². The van der Waals surface area contributed by atoms with Crippen LogP contribution in [-0.2, 0) is 6.42 Å². The Balaban J connectivity index is 1.83. The molecule has 0 amide bonds. The lowest BCUT2D eigenvalue weighted by Gasteiger charge is -2.11. The van der Waals surface area contributed by atoms with Crippen molar-refractivity contribution in [3.05, 3.63) is 46.4 Å².